The summed E-state index contributed by atoms with van der Waals surface area (Å²) in [7, 11) is -3.87. The van der Waals surface area contributed by atoms with Crippen molar-refractivity contribution in [1.29, 1.82) is 0 Å². The van der Waals surface area contributed by atoms with Crippen LogP contribution in [0.3, 0.4) is 0 Å². The minimum Gasteiger partial charge on any atom is -0.343 e. The van der Waals surface area contributed by atoms with E-state index in [2.05, 4.69) is 0 Å². The van der Waals surface area contributed by atoms with E-state index >= 15 is 0 Å². The van der Waals surface area contributed by atoms with Crippen molar-refractivity contribution in [2.24, 2.45) is 0 Å². The molecule has 0 aliphatic rings. The van der Waals surface area contributed by atoms with Crippen molar-refractivity contribution in [3.63, 3.8) is 0 Å². The van der Waals surface area contributed by atoms with Crippen molar-refractivity contribution >= 4 is 13.3 Å². The number of hydrogen-bond donors (Lipinski definition) is 2. The third-order valence-electron chi connectivity index (χ3n) is 2.68. The highest BCUT2D eigenvalue weighted by atomic mass is 31.2. The molecule has 0 spiro atoms. The molecule has 0 fully saturated rings. The van der Waals surface area contributed by atoms with Gasteiger partial charge in [-0.15, -0.1) is 0 Å². The molecule has 2 atom stereocenters. The van der Waals surface area contributed by atoms with Crippen molar-refractivity contribution in [1.82, 2.24) is 5.32 Å². The van der Waals surface area contributed by atoms with Crippen LogP contribution in [0.4, 0.5) is 13.2 Å². The van der Waals surface area contributed by atoms with Gasteiger partial charge in [-0.05, 0) is 18.4 Å². The summed E-state index contributed by atoms with van der Waals surface area (Å²) in [6.45, 7) is 0.930. The second kappa shape index (κ2) is 6.41. The molecule has 0 aromatic heterocycles. The van der Waals surface area contributed by atoms with Crippen LogP contribution in [0.1, 0.15) is 12.0 Å². The summed E-state index contributed by atoms with van der Waals surface area (Å²) in [6, 6.07) is 8.79. The Morgan fingerprint density at radius 2 is 1.90 bits per heavy atom. The predicted octanol–water partition coefficient (Wildman–Crippen LogP) is 2.52. The molecule has 0 saturated carbocycles. The standard InChI is InChI=1S/C12H15F3NO3P/c1-20(18,19)10(16-11(17)12(13,14)15)8-7-9-5-3-2-4-6-9/h2-6,10H,7-8H2,1H3,(H,16,17)(H,18,19). The van der Waals surface area contributed by atoms with Gasteiger partial charge < -0.3 is 10.2 Å². The van der Waals surface area contributed by atoms with Gasteiger partial charge >= 0.3 is 12.1 Å². The summed E-state index contributed by atoms with van der Waals surface area (Å²) in [4.78, 5) is 20.3. The number of halogens is 3. The number of benzene rings is 1. The molecule has 112 valence electrons. The van der Waals surface area contributed by atoms with Gasteiger partial charge in [0.25, 0.3) is 0 Å². The molecule has 0 radical (unpaired) electrons. The molecule has 2 N–H and O–H groups in total. The third kappa shape index (κ3) is 5.35. The molecule has 8 heteroatoms. The maximum absolute atomic E-state index is 12.2. The lowest BCUT2D eigenvalue weighted by Gasteiger charge is -2.22. The summed E-state index contributed by atoms with van der Waals surface area (Å²) in [5, 5.41) is 1.59. The number of nitrogens with one attached hydrogen (secondary N) is 1. The lowest BCUT2D eigenvalue weighted by molar-refractivity contribution is -0.173. The largest absolute Gasteiger partial charge is 0.471 e. The zero-order valence-corrected chi connectivity index (χ0v) is 11.6. The quantitative estimate of drug-likeness (QED) is 0.821. The lowest BCUT2D eigenvalue weighted by Crippen LogP contribution is -2.43. The van der Waals surface area contributed by atoms with Gasteiger partial charge in [-0.3, -0.25) is 9.36 Å². The molecule has 0 saturated heterocycles. The van der Waals surface area contributed by atoms with Gasteiger partial charge in [0.2, 0.25) is 7.37 Å². The Kier molecular flexibility index (Phi) is 5.36. The Labute approximate surface area is 114 Å². The van der Waals surface area contributed by atoms with Crippen molar-refractivity contribution in [2.45, 2.75) is 24.8 Å². The zero-order valence-electron chi connectivity index (χ0n) is 10.7. The normalized spacial score (nSPS) is 16.2. The molecule has 0 heterocycles. The molecule has 20 heavy (non-hydrogen) atoms. The average Bonchev–Trinajstić information content (AvgIpc) is 2.32. The maximum Gasteiger partial charge on any atom is 0.471 e. The first-order valence-electron chi connectivity index (χ1n) is 5.82. The molecule has 1 aromatic rings. The number of amides is 1. The molecular weight excluding hydrogens is 294 g/mol. The first kappa shape index (κ1) is 16.7. The van der Waals surface area contributed by atoms with E-state index in [0.717, 1.165) is 12.2 Å². The van der Waals surface area contributed by atoms with E-state index in [-0.39, 0.29) is 6.42 Å². The first-order chi connectivity index (χ1) is 9.10. The molecule has 1 rings (SSSR count). The molecule has 0 bridgehead atoms. The number of aryl methyl sites for hydroxylation is 1. The fourth-order valence-corrected chi connectivity index (χ4v) is 2.58. The first-order valence-corrected chi connectivity index (χ1v) is 8.00. The fraction of sp³-hybridized carbons (Fsp3) is 0.417. The van der Waals surface area contributed by atoms with Gasteiger partial charge in [-0.2, -0.15) is 13.2 Å². The average molecular weight is 309 g/mol. The molecule has 2 unspecified atom stereocenters. The van der Waals surface area contributed by atoms with E-state index in [4.69, 9.17) is 0 Å². The molecular formula is C12H15F3NO3P. The smallest absolute Gasteiger partial charge is 0.343 e. The van der Waals surface area contributed by atoms with Crippen molar-refractivity contribution in [3.05, 3.63) is 35.9 Å². The minimum atomic E-state index is -5.07. The van der Waals surface area contributed by atoms with Crippen LogP contribution in [0.15, 0.2) is 30.3 Å². The fourth-order valence-electron chi connectivity index (χ4n) is 1.61. The molecule has 0 aliphatic heterocycles. The van der Waals surface area contributed by atoms with Gasteiger partial charge in [-0.1, -0.05) is 30.3 Å². The highest BCUT2D eigenvalue weighted by molar-refractivity contribution is 7.57. The van der Waals surface area contributed by atoms with Crippen LogP contribution in [0.25, 0.3) is 0 Å². The molecule has 1 aromatic carbocycles. The van der Waals surface area contributed by atoms with Gasteiger partial charge in [0.1, 0.15) is 5.78 Å². The SMILES string of the molecule is CP(=O)(O)C(CCc1ccccc1)NC(=O)C(F)(F)F. The summed E-state index contributed by atoms with van der Waals surface area (Å²) in [6.07, 6.45) is -4.82. The number of alkyl halides is 3. The molecule has 0 aliphatic carbocycles. The van der Waals surface area contributed by atoms with Crippen LogP contribution in [0.2, 0.25) is 0 Å². The van der Waals surface area contributed by atoms with Crippen LogP contribution in [-0.2, 0) is 15.8 Å². The van der Waals surface area contributed by atoms with E-state index < -0.39 is 25.2 Å². The van der Waals surface area contributed by atoms with Crippen LogP contribution in [0, 0.1) is 0 Å². The molecule has 1 amide bonds. The minimum absolute atomic E-state index is 0.0455. The highest BCUT2D eigenvalue weighted by Crippen LogP contribution is 2.42. The van der Waals surface area contributed by atoms with Crippen LogP contribution in [0.5, 0.6) is 0 Å². The Hall–Kier alpha value is -1.33. The van der Waals surface area contributed by atoms with E-state index in [9.17, 15) is 27.4 Å². The van der Waals surface area contributed by atoms with E-state index in [1.807, 2.05) is 0 Å². The number of carbonyl (C=O) groups is 1. The van der Waals surface area contributed by atoms with Crippen molar-refractivity contribution < 1.29 is 27.4 Å². The van der Waals surface area contributed by atoms with E-state index in [0.29, 0.717) is 6.42 Å². The third-order valence-corrected chi connectivity index (χ3v) is 4.23. The van der Waals surface area contributed by atoms with Gasteiger partial charge in [0.15, 0.2) is 0 Å². The second-order valence-corrected chi connectivity index (χ2v) is 6.96. The number of rotatable bonds is 5. The van der Waals surface area contributed by atoms with Gasteiger partial charge in [0, 0.05) is 6.66 Å². The van der Waals surface area contributed by atoms with Crippen LogP contribution in [-0.4, -0.2) is 29.4 Å². The summed E-state index contributed by atoms with van der Waals surface area (Å²) in [5.41, 5.74) is 0.812. The van der Waals surface area contributed by atoms with E-state index in [1.165, 1.54) is 0 Å². The number of hydrogen-bond acceptors (Lipinski definition) is 2. The lowest BCUT2D eigenvalue weighted by atomic mass is 10.1. The van der Waals surface area contributed by atoms with Gasteiger partial charge in [-0.25, -0.2) is 0 Å². The monoisotopic (exact) mass is 309 g/mol. The Morgan fingerprint density at radius 1 is 1.35 bits per heavy atom. The van der Waals surface area contributed by atoms with Crippen molar-refractivity contribution in [3.8, 4) is 0 Å². The summed E-state index contributed by atoms with van der Waals surface area (Å²) in [5.74, 6) is -3.62. The van der Waals surface area contributed by atoms with Crippen LogP contribution < -0.4 is 5.32 Å². The maximum atomic E-state index is 12.2. The number of carbonyl (C=O) groups excluding carboxylic acids is 1. The topological polar surface area (TPSA) is 66.4 Å². The zero-order chi connectivity index (χ0) is 15.4. The van der Waals surface area contributed by atoms with Crippen LogP contribution >= 0.6 is 7.37 Å². The summed E-state index contributed by atoms with van der Waals surface area (Å²) >= 11 is 0. The van der Waals surface area contributed by atoms with Gasteiger partial charge in [0.05, 0.1) is 0 Å². The second-order valence-electron chi connectivity index (χ2n) is 4.45. The summed E-state index contributed by atoms with van der Waals surface area (Å²) < 4.78 is 48.1. The Bertz CT molecular complexity index is 498. The molecule has 4 nitrogen and oxygen atoms in total. The van der Waals surface area contributed by atoms with E-state index in [1.54, 1.807) is 35.6 Å². The van der Waals surface area contributed by atoms with Crippen molar-refractivity contribution in [2.75, 3.05) is 6.66 Å². The Balaban J connectivity index is 2.72. The highest BCUT2D eigenvalue weighted by Gasteiger charge is 2.41. The Morgan fingerprint density at radius 3 is 2.35 bits per heavy atom. The predicted molar refractivity (Wildman–Crippen MR) is 68.5 cm³/mol.